The van der Waals surface area contributed by atoms with Crippen molar-refractivity contribution in [1.29, 1.82) is 0 Å². The molecule has 1 aromatic carbocycles. The highest BCUT2D eigenvalue weighted by Gasteiger charge is 2.10. The van der Waals surface area contributed by atoms with Crippen molar-refractivity contribution < 1.29 is 0 Å². The average molecular weight is 245 g/mol. The summed E-state index contributed by atoms with van der Waals surface area (Å²) in [5.74, 6) is 0. The van der Waals surface area contributed by atoms with Gasteiger partial charge in [0.2, 0.25) is 0 Å². The summed E-state index contributed by atoms with van der Waals surface area (Å²) in [6, 6.07) is 13.4. The van der Waals surface area contributed by atoms with Crippen molar-refractivity contribution in [3.05, 3.63) is 58.3 Å². The number of thiophene rings is 1. The maximum atomic E-state index is 3.56. The van der Waals surface area contributed by atoms with E-state index in [0.717, 1.165) is 19.4 Å². The lowest BCUT2D eigenvalue weighted by Gasteiger charge is -2.16. The van der Waals surface area contributed by atoms with E-state index >= 15 is 0 Å². The third kappa shape index (κ3) is 3.69. The summed E-state index contributed by atoms with van der Waals surface area (Å²) >= 11 is 1.78. The summed E-state index contributed by atoms with van der Waals surface area (Å²) in [6.07, 6.45) is 2.29. The van der Waals surface area contributed by atoms with E-state index in [9.17, 15) is 0 Å². The molecule has 17 heavy (non-hydrogen) atoms. The van der Waals surface area contributed by atoms with Crippen LogP contribution in [0.25, 0.3) is 0 Å². The molecular weight excluding hydrogens is 226 g/mol. The van der Waals surface area contributed by atoms with Crippen LogP contribution in [0.4, 0.5) is 0 Å². The van der Waals surface area contributed by atoms with Gasteiger partial charge in [-0.2, -0.15) is 11.3 Å². The van der Waals surface area contributed by atoms with Gasteiger partial charge >= 0.3 is 0 Å². The SMILES string of the molecule is CCNC(CCc1ccccc1)c1ccsc1. The molecule has 90 valence electrons. The Kier molecular flexibility index (Phi) is 4.77. The van der Waals surface area contributed by atoms with Crippen LogP contribution in [0.2, 0.25) is 0 Å². The molecule has 0 radical (unpaired) electrons. The Labute approximate surface area is 108 Å². The fourth-order valence-corrected chi connectivity index (χ4v) is 2.78. The molecule has 0 aliphatic carbocycles. The van der Waals surface area contributed by atoms with E-state index in [0.29, 0.717) is 6.04 Å². The van der Waals surface area contributed by atoms with Crippen LogP contribution in [0.1, 0.15) is 30.5 Å². The van der Waals surface area contributed by atoms with Gasteiger partial charge in [-0.25, -0.2) is 0 Å². The van der Waals surface area contributed by atoms with Gasteiger partial charge < -0.3 is 5.32 Å². The summed E-state index contributed by atoms with van der Waals surface area (Å²) in [4.78, 5) is 0. The first-order chi connectivity index (χ1) is 8.40. The fraction of sp³-hybridized carbons (Fsp3) is 0.333. The van der Waals surface area contributed by atoms with Crippen molar-refractivity contribution in [2.45, 2.75) is 25.8 Å². The fourth-order valence-electron chi connectivity index (χ4n) is 2.06. The van der Waals surface area contributed by atoms with Gasteiger partial charge in [0.25, 0.3) is 0 Å². The third-order valence-electron chi connectivity index (χ3n) is 2.96. The topological polar surface area (TPSA) is 12.0 Å². The molecule has 1 nitrogen and oxygen atoms in total. The van der Waals surface area contributed by atoms with Crippen LogP contribution in [0.3, 0.4) is 0 Å². The number of hydrogen-bond acceptors (Lipinski definition) is 2. The van der Waals surface area contributed by atoms with Gasteiger partial charge in [-0.1, -0.05) is 37.3 Å². The number of hydrogen-bond donors (Lipinski definition) is 1. The van der Waals surface area contributed by atoms with Gasteiger partial charge in [0.1, 0.15) is 0 Å². The van der Waals surface area contributed by atoms with Crippen LogP contribution in [0.15, 0.2) is 47.2 Å². The lowest BCUT2D eigenvalue weighted by molar-refractivity contribution is 0.517. The monoisotopic (exact) mass is 245 g/mol. The van der Waals surface area contributed by atoms with E-state index in [1.54, 1.807) is 11.3 Å². The second-order valence-electron chi connectivity index (χ2n) is 4.19. The van der Waals surface area contributed by atoms with Crippen LogP contribution >= 0.6 is 11.3 Å². The van der Waals surface area contributed by atoms with Gasteiger partial charge in [0.05, 0.1) is 0 Å². The highest BCUT2D eigenvalue weighted by Crippen LogP contribution is 2.21. The number of nitrogens with one attached hydrogen (secondary N) is 1. The van der Waals surface area contributed by atoms with E-state index in [1.165, 1.54) is 11.1 Å². The lowest BCUT2D eigenvalue weighted by atomic mass is 10.0. The highest BCUT2D eigenvalue weighted by atomic mass is 32.1. The van der Waals surface area contributed by atoms with Crippen LogP contribution in [-0.2, 0) is 6.42 Å². The molecule has 2 rings (SSSR count). The summed E-state index contributed by atoms with van der Waals surface area (Å²) in [7, 11) is 0. The number of benzene rings is 1. The molecule has 0 amide bonds. The molecule has 0 fully saturated rings. The molecule has 1 unspecified atom stereocenters. The molecule has 1 aromatic heterocycles. The molecular formula is C15H19NS. The van der Waals surface area contributed by atoms with Gasteiger partial charge in [0, 0.05) is 6.04 Å². The van der Waals surface area contributed by atoms with Gasteiger partial charge in [0.15, 0.2) is 0 Å². The zero-order valence-electron chi connectivity index (χ0n) is 10.2. The predicted octanol–water partition coefficient (Wildman–Crippen LogP) is 4.03. The molecule has 1 atom stereocenters. The van der Waals surface area contributed by atoms with Crippen LogP contribution in [0, 0.1) is 0 Å². The standard InChI is InChI=1S/C15H19NS/c1-2-16-15(14-10-11-17-12-14)9-8-13-6-4-3-5-7-13/h3-7,10-12,15-16H,2,8-9H2,1H3. The minimum Gasteiger partial charge on any atom is -0.310 e. The Morgan fingerprint density at radius 3 is 2.65 bits per heavy atom. The Balaban J connectivity index is 1.95. The normalized spacial score (nSPS) is 12.5. The van der Waals surface area contributed by atoms with Gasteiger partial charge in [-0.15, -0.1) is 0 Å². The van der Waals surface area contributed by atoms with Crippen LogP contribution in [0.5, 0.6) is 0 Å². The predicted molar refractivity (Wildman–Crippen MR) is 75.5 cm³/mol. The molecule has 2 aromatic rings. The van der Waals surface area contributed by atoms with Gasteiger partial charge in [-0.3, -0.25) is 0 Å². The van der Waals surface area contributed by atoms with Crippen molar-refractivity contribution >= 4 is 11.3 Å². The minimum atomic E-state index is 0.492. The maximum Gasteiger partial charge on any atom is 0.0331 e. The molecule has 0 spiro atoms. The van der Waals surface area contributed by atoms with Crippen molar-refractivity contribution in [2.75, 3.05) is 6.54 Å². The quantitative estimate of drug-likeness (QED) is 0.810. The second-order valence-corrected chi connectivity index (χ2v) is 4.97. The van der Waals surface area contributed by atoms with E-state index in [4.69, 9.17) is 0 Å². The molecule has 1 N–H and O–H groups in total. The largest absolute Gasteiger partial charge is 0.310 e. The summed E-state index contributed by atoms with van der Waals surface area (Å²) in [6.45, 7) is 3.19. The van der Waals surface area contributed by atoms with E-state index in [2.05, 4.69) is 59.4 Å². The molecule has 0 aliphatic rings. The summed E-state index contributed by atoms with van der Waals surface area (Å²) in [5.41, 5.74) is 2.85. The average Bonchev–Trinajstić information content (AvgIpc) is 2.89. The molecule has 0 bridgehead atoms. The number of rotatable bonds is 6. The first-order valence-electron chi connectivity index (χ1n) is 6.19. The Morgan fingerprint density at radius 2 is 2.00 bits per heavy atom. The van der Waals surface area contributed by atoms with E-state index < -0.39 is 0 Å². The zero-order valence-corrected chi connectivity index (χ0v) is 11.0. The summed E-state index contributed by atoms with van der Waals surface area (Å²) in [5, 5.41) is 7.97. The van der Waals surface area contributed by atoms with E-state index in [-0.39, 0.29) is 0 Å². The van der Waals surface area contributed by atoms with Crippen molar-refractivity contribution in [3.8, 4) is 0 Å². The Hall–Kier alpha value is -1.12. The molecule has 0 saturated heterocycles. The molecule has 0 saturated carbocycles. The number of aryl methyl sites for hydroxylation is 1. The van der Waals surface area contributed by atoms with Crippen molar-refractivity contribution in [1.82, 2.24) is 5.32 Å². The van der Waals surface area contributed by atoms with Crippen LogP contribution in [-0.4, -0.2) is 6.54 Å². The third-order valence-corrected chi connectivity index (χ3v) is 3.66. The Morgan fingerprint density at radius 1 is 1.18 bits per heavy atom. The second kappa shape index (κ2) is 6.58. The van der Waals surface area contributed by atoms with E-state index in [1.807, 2.05) is 0 Å². The van der Waals surface area contributed by atoms with Crippen LogP contribution < -0.4 is 5.32 Å². The summed E-state index contributed by atoms with van der Waals surface area (Å²) < 4.78 is 0. The smallest absolute Gasteiger partial charge is 0.0331 e. The van der Waals surface area contributed by atoms with Gasteiger partial charge in [-0.05, 0) is 47.3 Å². The van der Waals surface area contributed by atoms with Crippen molar-refractivity contribution in [2.24, 2.45) is 0 Å². The lowest BCUT2D eigenvalue weighted by Crippen LogP contribution is -2.20. The first kappa shape index (κ1) is 12.3. The van der Waals surface area contributed by atoms with Crippen molar-refractivity contribution in [3.63, 3.8) is 0 Å². The first-order valence-corrected chi connectivity index (χ1v) is 7.14. The highest BCUT2D eigenvalue weighted by molar-refractivity contribution is 7.07. The zero-order chi connectivity index (χ0) is 11.9. The Bertz CT molecular complexity index is 408. The molecule has 0 aliphatic heterocycles. The molecule has 1 heterocycles. The molecule has 2 heteroatoms. The minimum absolute atomic E-state index is 0.492. The maximum absolute atomic E-state index is 3.56.